The summed E-state index contributed by atoms with van der Waals surface area (Å²) in [4.78, 5) is 23.9. The fourth-order valence-electron chi connectivity index (χ4n) is 3.54. The first kappa shape index (κ1) is 36.0. The van der Waals surface area contributed by atoms with Crippen LogP contribution in [0.15, 0.2) is 24.3 Å². The molecule has 3 unspecified atom stereocenters. The second-order valence-corrected chi connectivity index (χ2v) is 12.1. The summed E-state index contributed by atoms with van der Waals surface area (Å²) < 4.78 is 22.5. The maximum Gasteiger partial charge on any atom is 0.268 e. The van der Waals surface area contributed by atoms with Crippen molar-refractivity contribution >= 4 is 13.7 Å². The van der Waals surface area contributed by atoms with Crippen molar-refractivity contribution in [2.45, 2.75) is 109 Å². The number of nitrogens with zero attached hydrogens (tertiary/aromatic N) is 1. The van der Waals surface area contributed by atoms with Crippen LogP contribution >= 0.6 is 7.82 Å². The Labute approximate surface area is 226 Å². The van der Waals surface area contributed by atoms with Crippen molar-refractivity contribution in [2.24, 2.45) is 0 Å². The fourth-order valence-corrected chi connectivity index (χ4v) is 4.26. The number of carbonyl (C=O) groups is 1. The summed E-state index contributed by atoms with van der Waals surface area (Å²) in [7, 11) is 1.23. The smallest absolute Gasteiger partial charge is 0.268 e. The number of carbonyl (C=O) groups excluding carboxylic acids is 1. The van der Waals surface area contributed by atoms with Crippen molar-refractivity contribution in [3.63, 3.8) is 0 Å². The van der Waals surface area contributed by atoms with Gasteiger partial charge in [0.2, 0.25) is 5.91 Å². The number of phosphoric acid groups is 1. The highest BCUT2D eigenvalue weighted by Crippen LogP contribution is 2.38. The van der Waals surface area contributed by atoms with Crippen LogP contribution in [0.4, 0.5) is 0 Å². The number of hydrogen-bond acceptors (Lipinski definition) is 6. The standard InChI is InChI=1S/C28H55N2O6P/c1-6-8-9-10-11-12-13-14-15-16-17-18-19-20-21-22-27(31)26(29-28(32)7-2)25-36-37(33,34)35-24-23-30(3,4)5/h17-18,21-22,26-27,31H,6-16,19-20,23-25H2,1-5H3,(H-,29,32,33,34)/b18-17+,22-21+. The highest BCUT2D eigenvalue weighted by atomic mass is 31.2. The first-order valence-corrected chi connectivity index (χ1v) is 15.7. The minimum absolute atomic E-state index is 0.00857. The second kappa shape index (κ2) is 21.9. The van der Waals surface area contributed by atoms with E-state index >= 15 is 0 Å². The van der Waals surface area contributed by atoms with E-state index in [2.05, 4.69) is 24.4 Å². The van der Waals surface area contributed by atoms with E-state index in [0.717, 1.165) is 19.3 Å². The van der Waals surface area contributed by atoms with E-state index in [9.17, 15) is 19.4 Å². The van der Waals surface area contributed by atoms with E-state index in [-0.39, 0.29) is 18.9 Å². The second-order valence-electron chi connectivity index (χ2n) is 10.7. The molecule has 218 valence electrons. The highest BCUT2D eigenvalue weighted by Gasteiger charge is 2.22. The van der Waals surface area contributed by atoms with Crippen molar-refractivity contribution in [2.75, 3.05) is 40.9 Å². The molecule has 0 fully saturated rings. The Morgan fingerprint density at radius 3 is 2.08 bits per heavy atom. The third-order valence-electron chi connectivity index (χ3n) is 5.98. The van der Waals surface area contributed by atoms with Gasteiger partial charge in [0.25, 0.3) is 7.82 Å². The Morgan fingerprint density at radius 1 is 0.919 bits per heavy atom. The molecule has 0 bridgehead atoms. The molecule has 0 aliphatic rings. The molecule has 9 heteroatoms. The van der Waals surface area contributed by atoms with Gasteiger partial charge in [-0.3, -0.25) is 9.36 Å². The number of aliphatic hydroxyl groups excluding tert-OH is 1. The van der Waals surface area contributed by atoms with E-state index in [1.54, 1.807) is 13.0 Å². The van der Waals surface area contributed by atoms with E-state index in [1.165, 1.54) is 57.8 Å². The number of amides is 1. The molecule has 3 atom stereocenters. The van der Waals surface area contributed by atoms with Gasteiger partial charge < -0.3 is 28.8 Å². The molecule has 0 aliphatic heterocycles. The highest BCUT2D eigenvalue weighted by molar-refractivity contribution is 7.45. The molecular weight excluding hydrogens is 491 g/mol. The SMILES string of the molecule is CCCCCCCCCCC/C=C/CC/C=C/C(O)C(COP(=O)([O-])OCC[N+](C)(C)C)NC(=O)CC. The van der Waals surface area contributed by atoms with Crippen LogP contribution in [0, 0.1) is 0 Å². The van der Waals surface area contributed by atoms with Gasteiger partial charge in [-0.1, -0.05) is 89.5 Å². The molecule has 0 aromatic heterocycles. The summed E-state index contributed by atoms with van der Waals surface area (Å²) >= 11 is 0. The molecule has 0 rings (SSSR count). The maximum absolute atomic E-state index is 12.1. The molecule has 2 N–H and O–H groups in total. The zero-order valence-corrected chi connectivity index (χ0v) is 25.1. The monoisotopic (exact) mass is 546 g/mol. The summed E-state index contributed by atoms with van der Waals surface area (Å²) in [6.45, 7) is 4.01. The lowest BCUT2D eigenvalue weighted by atomic mass is 10.1. The predicted octanol–water partition coefficient (Wildman–Crippen LogP) is 5.26. The molecule has 0 saturated carbocycles. The summed E-state index contributed by atoms with van der Waals surface area (Å²) in [6.07, 6.45) is 21.6. The number of quaternary nitrogens is 1. The van der Waals surface area contributed by atoms with Crippen LogP contribution in [0.3, 0.4) is 0 Å². The van der Waals surface area contributed by atoms with E-state index in [0.29, 0.717) is 11.0 Å². The average molecular weight is 547 g/mol. The Bertz CT molecular complexity index is 678. The largest absolute Gasteiger partial charge is 0.756 e. The molecule has 0 radical (unpaired) electrons. The number of nitrogens with one attached hydrogen (secondary N) is 1. The zero-order valence-electron chi connectivity index (χ0n) is 24.2. The van der Waals surface area contributed by atoms with Gasteiger partial charge in [0, 0.05) is 6.42 Å². The molecule has 37 heavy (non-hydrogen) atoms. The Morgan fingerprint density at radius 2 is 1.49 bits per heavy atom. The van der Waals surface area contributed by atoms with Gasteiger partial charge in [0.15, 0.2) is 0 Å². The number of phosphoric ester groups is 1. The van der Waals surface area contributed by atoms with Gasteiger partial charge in [-0.15, -0.1) is 0 Å². The van der Waals surface area contributed by atoms with Crippen LogP contribution in [0.1, 0.15) is 97.3 Å². The van der Waals surface area contributed by atoms with Crippen LogP contribution in [-0.2, 0) is 18.4 Å². The molecule has 0 heterocycles. The number of rotatable bonds is 24. The van der Waals surface area contributed by atoms with Crippen LogP contribution in [0.25, 0.3) is 0 Å². The van der Waals surface area contributed by atoms with Crippen LogP contribution in [0.5, 0.6) is 0 Å². The first-order chi connectivity index (χ1) is 17.5. The van der Waals surface area contributed by atoms with Gasteiger partial charge in [0.1, 0.15) is 13.2 Å². The molecule has 0 spiro atoms. The van der Waals surface area contributed by atoms with Crippen LogP contribution in [0.2, 0.25) is 0 Å². The normalized spacial score (nSPS) is 15.8. The lowest BCUT2D eigenvalue weighted by Crippen LogP contribution is -2.45. The molecular formula is C28H55N2O6P. The van der Waals surface area contributed by atoms with Gasteiger partial charge in [-0.05, 0) is 25.7 Å². The van der Waals surface area contributed by atoms with Crippen molar-refractivity contribution < 1.29 is 32.9 Å². The molecule has 0 aliphatic carbocycles. The summed E-state index contributed by atoms with van der Waals surface area (Å²) in [5.74, 6) is -0.299. The van der Waals surface area contributed by atoms with Crippen LogP contribution < -0.4 is 10.2 Å². The van der Waals surface area contributed by atoms with Crippen molar-refractivity contribution in [1.82, 2.24) is 5.32 Å². The minimum Gasteiger partial charge on any atom is -0.756 e. The Balaban J connectivity index is 4.28. The summed E-state index contributed by atoms with van der Waals surface area (Å²) in [6, 6.07) is -0.893. The first-order valence-electron chi connectivity index (χ1n) is 14.2. The number of allylic oxidation sites excluding steroid dienone is 3. The maximum atomic E-state index is 12.1. The summed E-state index contributed by atoms with van der Waals surface area (Å²) in [5, 5.41) is 13.1. The predicted molar refractivity (Wildman–Crippen MR) is 150 cm³/mol. The Kier molecular flexibility index (Phi) is 21.3. The fraction of sp³-hybridized carbons (Fsp3) is 0.821. The average Bonchev–Trinajstić information content (AvgIpc) is 2.82. The molecule has 8 nitrogen and oxygen atoms in total. The quantitative estimate of drug-likeness (QED) is 0.0740. The lowest BCUT2D eigenvalue weighted by Gasteiger charge is -2.29. The third-order valence-corrected chi connectivity index (χ3v) is 6.94. The van der Waals surface area contributed by atoms with E-state index < -0.39 is 26.6 Å². The minimum atomic E-state index is -4.54. The van der Waals surface area contributed by atoms with E-state index in [4.69, 9.17) is 9.05 Å². The zero-order chi connectivity index (χ0) is 28.0. The van der Waals surface area contributed by atoms with Crippen molar-refractivity contribution in [3.8, 4) is 0 Å². The molecule has 1 amide bonds. The summed E-state index contributed by atoms with van der Waals surface area (Å²) in [5.41, 5.74) is 0. The number of aliphatic hydroxyl groups is 1. The third kappa shape index (κ3) is 23.8. The van der Waals surface area contributed by atoms with Crippen molar-refractivity contribution in [1.29, 1.82) is 0 Å². The van der Waals surface area contributed by atoms with Gasteiger partial charge in [-0.2, -0.15) is 0 Å². The van der Waals surface area contributed by atoms with Gasteiger partial charge >= 0.3 is 0 Å². The topological polar surface area (TPSA) is 108 Å². The number of unbranched alkanes of at least 4 members (excludes halogenated alkanes) is 10. The van der Waals surface area contributed by atoms with Gasteiger partial charge in [0.05, 0.1) is 39.9 Å². The van der Waals surface area contributed by atoms with Gasteiger partial charge in [-0.25, -0.2) is 0 Å². The number of hydrogen-bond donors (Lipinski definition) is 2. The molecule has 0 saturated heterocycles. The number of likely N-dealkylation sites (N-methyl/N-ethyl adjacent to an activating group) is 1. The van der Waals surface area contributed by atoms with Crippen molar-refractivity contribution in [3.05, 3.63) is 24.3 Å². The molecule has 0 aromatic rings. The van der Waals surface area contributed by atoms with Crippen LogP contribution in [-0.4, -0.2) is 68.5 Å². The van der Waals surface area contributed by atoms with E-state index in [1.807, 2.05) is 27.2 Å². The lowest BCUT2D eigenvalue weighted by molar-refractivity contribution is -0.870. The molecule has 0 aromatic carbocycles. The Hall–Kier alpha value is -1.02.